The van der Waals surface area contributed by atoms with E-state index in [9.17, 15) is 4.79 Å². The van der Waals surface area contributed by atoms with E-state index >= 15 is 0 Å². The molecular weight excluding hydrogens is 293 g/mol. The number of hydrogen-bond donors (Lipinski definition) is 2. The maximum absolute atomic E-state index is 11.0. The largest absolute Gasteiger partial charge is 0.396 e. The fourth-order valence-corrected chi connectivity index (χ4v) is 1.79. The lowest BCUT2D eigenvalue weighted by atomic mass is 10.00. The molecule has 0 aliphatic heterocycles. The van der Waals surface area contributed by atoms with Gasteiger partial charge in [0.2, 0.25) is 5.91 Å². The zero-order valence-corrected chi connectivity index (χ0v) is 9.69. The van der Waals surface area contributed by atoms with Gasteiger partial charge in [0.1, 0.15) is 0 Å². The first-order chi connectivity index (χ1) is 6.54. The summed E-state index contributed by atoms with van der Waals surface area (Å²) in [5.41, 5.74) is 6.45. The van der Waals surface area contributed by atoms with Gasteiger partial charge in [-0.2, -0.15) is 0 Å². The number of aliphatic hydroxyl groups is 1. The van der Waals surface area contributed by atoms with Crippen LogP contribution in [0.2, 0.25) is 0 Å². The summed E-state index contributed by atoms with van der Waals surface area (Å²) in [6.07, 6.45) is 0. The van der Waals surface area contributed by atoms with Crippen LogP contribution in [0.4, 0.5) is 0 Å². The second-order valence-electron chi connectivity index (χ2n) is 3.02. The average Bonchev–Trinajstić information content (AvgIpc) is 2.15. The number of hydrogen-bond acceptors (Lipinski definition) is 2. The Morgan fingerprint density at radius 3 is 2.71 bits per heavy atom. The second-order valence-corrected chi connectivity index (χ2v) is 4.26. The van der Waals surface area contributed by atoms with Gasteiger partial charge in [-0.25, -0.2) is 0 Å². The first-order valence-electron chi connectivity index (χ1n) is 4.09. The van der Waals surface area contributed by atoms with Crippen molar-refractivity contribution in [1.82, 2.24) is 0 Å². The van der Waals surface area contributed by atoms with Gasteiger partial charge in [0.15, 0.2) is 0 Å². The predicted molar refractivity (Wildman–Crippen MR) is 62.9 cm³/mol. The molecule has 0 aliphatic rings. The van der Waals surface area contributed by atoms with Crippen molar-refractivity contribution < 1.29 is 9.90 Å². The summed E-state index contributed by atoms with van der Waals surface area (Å²) in [6, 6.07) is 5.25. The molecule has 1 amide bonds. The Bertz CT molecular complexity index is 352. The Hall–Kier alpha value is -0.620. The molecule has 4 heteroatoms. The van der Waals surface area contributed by atoms with Gasteiger partial charge in [0.25, 0.3) is 0 Å². The standard InChI is InChI=1S/C10H11INO2/c1-6(5-13)7-2-8(10(12)14)4-9(11)3-7/h2-4,6,13H,1,5H2,(H2,12,14). The summed E-state index contributed by atoms with van der Waals surface area (Å²) in [6.45, 7) is 3.72. The third-order valence-corrected chi connectivity index (χ3v) is 2.52. The molecule has 1 unspecified atom stereocenters. The molecule has 1 aromatic carbocycles. The highest BCUT2D eigenvalue weighted by molar-refractivity contribution is 14.1. The van der Waals surface area contributed by atoms with Crippen molar-refractivity contribution in [2.45, 2.75) is 5.92 Å². The SMILES string of the molecule is [CH2]C(CO)c1cc(I)cc(C(N)=O)c1. The van der Waals surface area contributed by atoms with Gasteiger partial charge in [-0.1, -0.05) is 0 Å². The minimum absolute atomic E-state index is 0.0434. The lowest BCUT2D eigenvalue weighted by Crippen LogP contribution is -2.12. The predicted octanol–water partition coefficient (Wildman–Crippen LogP) is 1.30. The molecule has 1 rings (SSSR count). The van der Waals surface area contributed by atoms with E-state index in [2.05, 4.69) is 29.5 Å². The van der Waals surface area contributed by atoms with E-state index in [0.717, 1.165) is 9.13 Å². The molecule has 0 aliphatic carbocycles. The number of aliphatic hydroxyl groups excluding tert-OH is 1. The monoisotopic (exact) mass is 304 g/mol. The lowest BCUT2D eigenvalue weighted by Gasteiger charge is -2.09. The van der Waals surface area contributed by atoms with Crippen molar-refractivity contribution in [2.24, 2.45) is 5.73 Å². The van der Waals surface area contributed by atoms with Crippen LogP contribution in [0, 0.1) is 10.5 Å². The Balaban J connectivity index is 3.13. The lowest BCUT2D eigenvalue weighted by molar-refractivity contribution is 0.1000. The minimum Gasteiger partial charge on any atom is -0.396 e. The summed E-state index contributed by atoms with van der Waals surface area (Å²) in [5.74, 6) is -0.683. The van der Waals surface area contributed by atoms with Crippen LogP contribution >= 0.6 is 22.6 Å². The van der Waals surface area contributed by atoms with Crippen LogP contribution in [0.15, 0.2) is 18.2 Å². The van der Waals surface area contributed by atoms with Crippen LogP contribution in [0.3, 0.4) is 0 Å². The van der Waals surface area contributed by atoms with E-state index in [1.807, 2.05) is 6.07 Å². The molecule has 0 saturated heterocycles. The summed E-state index contributed by atoms with van der Waals surface area (Å²) in [7, 11) is 0. The third kappa shape index (κ3) is 2.68. The first-order valence-corrected chi connectivity index (χ1v) is 5.16. The van der Waals surface area contributed by atoms with Gasteiger partial charge >= 0.3 is 0 Å². The molecule has 1 atom stereocenters. The smallest absolute Gasteiger partial charge is 0.248 e. The normalized spacial score (nSPS) is 12.5. The zero-order chi connectivity index (χ0) is 10.7. The molecule has 3 N–H and O–H groups in total. The molecule has 0 aromatic heterocycles. The van der Waals surface area contributed by atoms with Gasteiger partial charge in [-0.15, -0.1) is 0 Å². The van der Waals surface area contributed by atoms with Crippen molar-refractivity contribution in [1.29, 1.82) is 0 Å². The van der Waals surface area contributed by atoms with Gasteiger partial charge in [0, 0.05) is 21.7 Å². The molecule has 1 aromatic rings. The molecule has 0 spiro atoms. The highest BCUT2D eigenvalue weighted by Gasteiger charge is 2.09. The van der Waals surface area contributed by atoms with Crippen molar-refractivity contribution in [3.8, 4) is 0 Å². The summed E-state index contributed by atoms with van der Waals surface area (Å²) < 4.78 is 0.913. The van der Waals surface area contributed by atoms with Gasteiger partial charge in [0.05, 0.1) is 0 Å². The zero-order valence-electron chi connectivity index (χ0n) is 7.53. The van der Waals surface area contributed by atoms with Crippen molar-refractivity contribution in [3.63, 3.8) is 0 Å². The Labute approximate surface area is 96.4 Å². The molecule has 1 radical (unpaired) electrons. The van der Waals surface area contributed by atoms with Crippen LogP contribution in [-0.4, -0.2) is 17.6 Å². The molecule has 0 heterocycles. The van der Waals surface area contributed by atoms with Crippen LogP contribution in [-0.2, 0) is 0 Å². The summed E-state index contributed by atoms with van der Waals surface area (Å²) in [5, 5.41) is 8.93. The minimum atomic E-state index is -0.463. The van der Waals surface area contributed by atoms with E-state index in [1.54, 1.807) is 12.1 Å². The fraction of sp³-hybridized carbons (Fsp3) is 0.200. The highest BCUT2D eigenvalue weighted by atomic mass is 127. The molecule has 0 bridgehead atoms. The Kier molecular flexibility index (Phi) is 3.88. The number of rotatable bonds is 3. The molecule has 0 fully saturated rings. The molecule has 3 nitrogen and oxygen atoms in total. The summed E-state index contributed by atoms with van der Waals surface area (Å²) >= 11 is 2.10. The van der Waals surface area contributed by atoms with E-state index in [1.165, 1.54) is 0 Å². The number of carbonyl (C=O) groups excluding carboxylic acids is 1. The molecule has 0 saturated carbocycles. The third-order valence-electron chi connectivity index (χ3n) is 1.90. The van der Waals surface area contributed by atoms with Crippen molar-refractivity contribution in [2.75, 3.05) is 6.61 Å². The fourth-order valence-electron chi connectivity index (χ4n) is 1.10. The van der Waals surface area contributed by atoms with E-state index in [-0.39, 0.29) is 12.5 Å². The van der Waals surface area contributed by atoms with E-state index in [4.69, 9.17) is 10.8 Å². The number of halogens is 1. The van der Waals surface area contributed by atoms with Crippen molar-refractivity contribution >= 4 is 28.5 Å². The number of nitrogens with two attached hydrogens (primary N) is 1. The van der Waals surface area contributed by atoms with Crippen LogP contribution in [0.1, 0.15) is 21.8 Å². The maximum atomic E-state index is 11.0. The molecule has 14 heavy (non-hydrogen) atoms. The van der Waals surface area contributed by atoms with Gasteiger partial charge in [-0.05, 0) is 53.3 Å². The Morgan fingerprint density at radius 1 is 1.57 bits per heavy atom. The van der Waals surface area contributed by atoms with Gasteiger partial charge in [-0.3, -0.25) is 4.79 Å². The quantitative estimate of drug-likeness (QED) is 0.827. The average molecular weight is 304 g/mol. The first kappa shape index (κ1) is 11.5. The van der Waals surface area contributed by atoms with Gasteiger partial charge < -0.3 is 10.8 Å². The maximum Gasteiger partial charge on any atom is 0.248 e. The molecule has 75 valence electrons. The van der Waals surface area contributed by atoms with E-state index in [0.29, 0.717) is 5.56 Å². The summed E-state index contributed by atoms with van der Waals surface area (Å²) in [4.78, 5) is 11.0. The second kappa shape index (κ2) is 4.75. The highest BCUT2D eigenvalue weighted by Crippen LogP contribution is 2.19. The number of amides is 1. The van der Waals surface area contributed by atoms with Crippen LogP contribution < -0.4 is 5.73 Å². The van der Waals surface area contributed by atoms with E-state index < -0.39 is 5.91 Å². The van der Waals surface area contributed by atoms with Crippen molar-refractivity contribution in [3.05, 3.63) is 39.8 Å². The number of benzene rings is 1. The topological polar surface area (TPSA) is 63.3 Å². The van der Waals surface area contributed by atoms with Crippen LogP contribution in [0.5, 0.6) is 0 Å². The number of carbonyl (C=O) groups is 1. The Morgan fingerprint density at radius 2 is 2.21 bits per heavy atom. The van der Waals surface area contributed by atoms with Crippen LogP contribution in [0.25, 0.3) is 0 Å². The molecular formula is C10H11INO2. The number of primary amides is 1.